The Balaban J connectivity index is 1.85. The molecule has 7 heteroatoms. The molecule has 0 aliphatic carbocycles. The van der Waals surface area contributed by atoms with E-state index in [0.717, 1.165) is 0 Å². The van der Waals surface area contributed by atoms with Crippen LogP contribution in [0.2, 0.25) is 0 Å². The first-order chi connectivity index (χ1) is 14.0. The van der Waals surface area contributed by atoms with Crippen LogP contribution in [0, 0.1) is 11.3 Å². The Bertz CT molecular complexity index is 1120. The number of ether oxygens (including phenoxy) is 1. The van der Waals surface area contributed by atoms with Gasteiger partial charge in [0.25, 0.3) is 5.91 Å². The molecule has 0 radical (unpaired) electrons. The van der Waals surface area contributed by atoms with Crippen LogP contribution in [-0.2, 0) is 9.53 Å². The molecule has 0 aliphatic rings. The highest BCUT2D eigenvalue weighted by Gasteiger charge is 2.16. The molecule has 3 rings (SSSR count). The Kier molecular flexibility index (Phi) is 5.76. The lowest BCUT2D eigenvalue weighted by molar-refractivity contribution is -0.112. The largest absolute Gasteiger partial charge is 0.508 e. The number of anilines is 1. The van der Waals surface area contributed by atoms with E-state index in [-0.39, 0.29) is 17.1 Å². The molecule has 1 aromatic heterocycles. The number of esters is 1. The highest BCUT2D eigenvalue weighted by Crippen LogP contribution is 2.27. The number of furan rings is 1. The maximum absolute atomic E-state index is 12.3. The zero-order chi connectivity index (χ0) is 20.8. The van der Waals surface area contributed by atoms with E-state index in [1.807, 2.05) is 6.07 Å². The average Bonchev–Trinajstić information content (AvgIpc) is 3.21. The van der Waals surface area contributed by atoms with Gasteiger partial charge in [-0.25, -0.2) is 4.79 Å². The summed E-state index contributed by atoms with van der Waals surface area (Å²) in [5, 5.41) is 21.2. The molecule has 0 saturated carbocycles. The smallest absolute Gasteiger partial charge is 0.338 e. The van der Waals surface area contributed by atoms with Crippen molar-refractivity contribution in [3.63, 3.8) is 0 Å². The Labute approximate surface area is 166 Å². The second-order valence-corrected chi connectivity index (χ2v) is 5.91. The molecule has 7 nitrogen and oxygen atoms in total. The zero-order valence-corrected chi connectivity index (χ0v) is 15.4. The fraction of sp³-hybridized carbons (Fsp3) is 0.0455. The van der Waals surface area contributed by atoms with Gasteiger partial charge in [-0.1, -0.05) is 18.2 Å². The fourth-order valence-electron chi connectivity index (χ4n) is 2.60. The van der Waals surface area contributed by atoms with Crippen molar-refractivity contribution >= 4 is 23.6 Å². The van der Waals surface area contributed by atoms with E-state index in [2.05, 4.69) is 5.32 Å². The highest BCUT2D eigenvalue weighted by atomic mass is 16.5. The molecule has 0 unspecified atom stereocenters. The molecule has 1 amide bonds. The average molecular weight is 388 g/mol. The van der Waals surface area contributed by atoms with Gasteiger partial charge in [-0.05, 0) is 42.5 Å². The Hall–Kier alpha value is -4.31. The van der Waals surface area contributed by atoms with Crippen LogP contribution in [0.1, 0.15) is 16.1 Å². The number of benzene rings is 2. The van der Waals surface area contributed by atoms with Gasteiger partial charge in [0, 0.05) is 17.3 Å². The van der Waals surface area contributed by atoms with Crippen LogP contribution in [-0.4, -0.2) is 24.1 Å². The van der Waals surface area contributed by atoms with Crippen molar-refractivity contribution in [2.24, 2.45) is 0 Å². The standard InChI is InChI=1S/C22H16N2O5/c1-28-22(27)19-5-3-2-4-18(19)20-11-10-17(29-20)12-14(13-23)21(26)24-15-6-8-16(25)9-7-15/h2-12,25H,1H3,(H,24,26)/b14-12-. The molecule has 0 atom stereocenters. The summed E-state index contributed by atoms with van der Waals surface area (Å²) in [4.78, 5) is 24.3. The van der Waals surface area contributed by atoms with Gasteiger partial charge in [0.05, 0.1) is 12.7 Å². The van der Waals surface area contributed by atoms with E-state index in [9.17, 15) is 20.0 Å². The summed E-state index contributed by atoms with van der Waals surface area (Å²) in [7, 11) is 1.29. The number of hydrogen-bond donors (Lipinski definition) is 2. The van der Waals surface area contributed by atoms with Crippen LogP contribution in [0.25, 0.3) is 17.4 Å². The van der Waals surface area contributed by atoms with E-state index in [1.165, 1.54) is 37.5 Å². The molecule has 3 aromatic rings. The van der Waals surface area contributed by atoms with E-state index >= 15 is 0 Å². The van der Waals surface area contributed by atoms with Gasteiger partial charge in [0.15, 0.2) is 0 Å². The van der Waals surface area contributed by atoms with Gasteiger partial charge in [-0.15, -0.1) is 0 Å². The molecule has 2 N–H and O–H groups in total. The normalized spacial score (nSPS) is 10.8. The van der Waals surface area contributed by atoms with Gasteiger partial charge in [-0.2, -0.15) is 5.26 Å². The summed E-state index contributed by atoms with van der Waals surface area (Å²) < 4.78 is 10.5. The molecule has 0 saturated heterocycles. The van der Waals surface area contributed by atoms with Gasteiger partial charge in [0.2, 0.25) is 0 Å². The van der Waals surface area contributed by atoms with Gasteiger partial charge >= 0.3 is 5.97 Å². The minimum Gasteiger partial charge on any atom is -0.508 e. The van der Waals surface area contributed by atoms with Crippen molar-refractivity contribution in [2.45, 2.75) is 0 Å². The summed E-state index contributed by atoms with van der Waals surface area (Å²) in [5.74, 6) is -0.383. The van der Waals surface area contributed by atoms with Crippen LogP contribution in [0.3, 0.4) is 0 Å². The second kappa shape index (κ2) is 8.59. The fourth-order valence-corrected chi connectivity index (χ4v) is 2.60. The number of phenolic OH excluding ortho intramolecular Hbond substituents is 1. The molecule has 0 bridgehead atoms. The van der Waals surface area contributed by atoms with E-state index in [1.54, 1.807) is 36.4 Å². The van der Waals surface area contributed by atoms with Crippen LogP contribution < -0.4 is 5.32 Å². The first-order valence-electron chi connectivity index (χ1n) is 8.51. The maximum Gasteiger partial charge on any atom is 0.338 e. The summed E-state index contributed by atoms with van der Waals surface area (Å²) in [5.41, 5.74) is 1.14. The van der Waals surface area contributed by atoms with Gasteiger partial charge < -0.3 is 19.6 Å². The number of nitriles is 1. The zero-order valence-electron chi connectivity index (χ0n) is 15.4. The Morgan fingerprint density at radius 1 is 1.10 bits per heavy atom. The summed E-state index contributed by atoms with van der Waals surface area (Å²) in [6.45, 7) is 0. The van der Waals surface area contributed by atoms with Crippen LogP contribution in [0.4, 0.5) is 5.69 Å². The van der Waals surface area contributed by atoms with Crippen molar-refractivity contribution in [3.05, 3.63) is 77.6 Å². The lowest BCUT2D eigenvalue weighted by Gasteiger charge is -2.05. The minimum atomic E-state index is -0.619. The molecule has 1 heterocycles. The summed E-state index contributed by atoms with van der Waals surface area (Å²) >= 11 is 0. The topological polar surface area (TPSA) is 113 Å². The van der Waals surface area contributed by atoms with Crippen molar-refractivity contribution in [1.82, 2.24) is 0 Å². The molecule has 0 aliphatic heterocycles. The van der Waals surface area contributed by atoms with E-state index in [4.69, 9.17) is 9.15 Å². The first kappa shape index (κ1) is 19.5. The van der Waals surface area contributed by atoms with Crippen molar-refractivity contribution in [3.8, 4) is 23.1 Å². The third kappa shape index (κ3) is 4.51. The molecule has 0 fully saturated rings. The lowest BCUT2D eigenvalue weighted by Crippen LogP contribution is -2.13. The SMILES string of the molecule is COC(=O)c1ccccc1-c1ccc(/C=C(/C#N)C(=O)Nc2ccc(O)cc2)o1. The third-order valence-electron chi connectivity index (χ3n) is 4.00. The Morgan fingerprint density at radius 3 is 2.52 bits per heavy atom. The van der Waals surface area contributed by atoms with Crippen LogP contribution >= 0.6 is 0 Å². The van der Waals surface area contributed by atoms with Crippen LogP contribution in [0.5, 0.6) is 5.75 Å². The summed E-state index contributed by atoms with van der Waals surface area (Å²) in [6.07, 6.45) is 1.31. The number of nitrogens with zero attached hydrogens (tertiary/aromatic N) is 1. The number of nitrogens with one attached hydrogen (secondary N) is 1. The molecular formula is C22H16N2O5. The number of carbonyl (C=O) groups excluding carboxylic acids is 2. The number of carbonyl (C=O) groups is 2. The molecule has 0 spiro atoms. The van der Waals surface area contributed by atoms with Gasteiger partial charge in [-0.3, -0.25) is 4.79 Å². The van der Waals surface area contributed by atoms with Crippen LogP contribution in [0.15, 0.2) is 70.7 Å². The monoisotopic (exact) mass is 388 g/mol. The predicted molar refractivity (Wildman–Crippen MR) is 106 cm³/mol. The molecule has 29 heavy (non-hydrogen) atoms. The quantitative estimate of drug-likeness (QED) is 0.296. The first-order valence-corrected chi connectivity index (χ1v) is 8.51. The number of hydrogen-bond acceptors (Lipinski definition) is 6. The maximum atomic E-state index is 12.3. The molecule has 2 aromatic carbocycles. The van der Waals surface area contributed by atoms with Crippen molar-refractivity contribution in [1.29, 1.82) is 5.26 Å². The lowest BCUT2D eigenvalue weighted by atomic mass is 10.1. The number of amides is 1. The predicted octanol–water partition coefficient (Wildman–Crippen LogP) is 3.98. The summed E-state index contributed by atoms with van der Waals surface area (Å²) in [6, 6.07) is 17.7. The molecular weight excluding hydrogens is 372 g/mol. The van der Waals surface area contributed by atoms with E-state index in [0.29, 0.717) is 22.6 Å². The second-order valence-electron chi connectivity index (χ2n) is 5.91. The number of aromatic hydroxyl groups is 1. The minimum absolute atomic E-state index is 0.0643. The molecule has 144 valence electrons. The highest BCUT2D eigenvalue weighted by molar-refractivity contribution is 6.09. The van der Waals surface area contributed by atoms with Crippen molar-refractivity contribution in [2.75, 3.05) is 12.4 Å². The Morgan fingerprint density at radius 2 is 1.83 bits per heavy atom. The number of rotatable bonds is 5. The van der Waals surface area contributed by atoms with Gasteiger partial charge in [0.1, 0.15) is 28.9 Å². The van der Waals surface area contributed by atoms with E-state index < -0.39 is 11.9 Å². The van der Waals surface area contributed by atoms with Crippen molar-refractivity contribution < 1.29 is 23.8 Å². The number of phenols is 1. The third-order valence-corrected chi connectivity index (χ3v) is 4.00. The number of methoxy groups -OCH3 is 1.